The molecule has 0 aliphatic heterocycles. The molecule has 0 aliphatic carbocycles. The van der Waals surface area contributed by atoms with Crippen molar-refractivity contribution in [3.05, 3.63) is 284 Å². The van der Waals surface area contributed by atoms with Crippen LogP contribution in [0.2, 0.25) is 0 Å². The van der Waals surface area contributed by atoms with E-state index < -0.39 is 0 Å². The van der Waals surface area contributed by atoms with Crippen LogP contribution in [0.25, 0.3) is 0 Å². The lowest BCUT2D eigenvalue weighted by Gasteiger charge is -2.29. The number of rotatable bonds is 15. The largest absolute Gasteiger partial charge is 0.347 e. The van der Waals surface area contributed by atoms with Crippen LogP contribution in [-0.2, 0) is 5.41 Å². The summed E-state index contributed by atoms with van der Waals surface area (Å²) < 4.78 is 0. The van der Waals surface area contributed by atoms with Gasteiger partial charge in [0.2, 0.25) is 0 Å². The molecule has 0 saturated carbocycles. The standard InChI is InChI=1S/C70H64N6O2/c1-69(2,3)53-31-39-61(40-32-53)75(57-23-15-9-16-24-57)65-47-49-66(50-48-65)76(58-25-17-10-18-26-58)62-41-33-54(34-42-62)71-67(77)51-27-35-59(36-28-51)73(55-19-11-7-12-20-55)63-43-45-64(46-44-63)74(56-21-13-8-14-22-56)60-37-29-52(30-38-60)68(78)72-70(4,5)6/h7-50H,1-6H3,(H,71,77)(H,72,78). The highest BCUT2D eigenvalue weighted by molar-refractivity contribution is 6.05. The first kappa shape index (κ1) is 51.8. The molecule has 8 heteroatoms. The Morgan fingerprint density at radius 2 is 0.513 bits per heavy atom. The SMILES string of the molecule is CC(C)(C)NC(=O)c1ccc(N(c2ccccc2)c2ccc(N(c3ccccc3)c3ccc(C(=O)Nc4ccc(N(c5ccccc5)c5ccc(N(c6ccccc6)c6ccc(C(C)(C)C)cc6)cc5)cc4)cc3)cc2)cc1. The molecule has 386 valence electrons. The van der Waals surface area contributed by atoms with Crippen molar-refractivity contribution >= 4 is 85.8 Å². The molecule has 10 rings (SSSR count). The molecule has 10 aromatic rings. The lowest BCUT2D eigenvalue weighted by molar-refractivity contribution is 0.0919. The van der Waals surface area contributed by atoms with E-state index in [1.807, 2.05) is 154 Å². The van der Waals surface area contributed by atoms with Crippen LogP contribution in [0.5, 0.6) is 0 Å². The van der Waals surface area contributed by atoms with Gasteiger partial charge in [-0.05, 0) is 214 Å². The molecule has 0 radical (unpaired) electrons. The Labute approximate surface area is 459 Å². The van der Waals surface area contributed by atoms with Crippen molar-refractivity contribution in [1.82, 2.24) is 5.32 Å². The predicted molar refractivity (Wildman–Crippen MR) is 325 cm³/mol. The molecule has 2 N–H and O–H groups in total. The van der Waals surface area contributed by atoms with Crippen LogP contribution in [-0.4, -0.2) is 17.4 Å². The zero-order chi connectivity index (χ0) is 54.2. The fraction of sp³-hybridized carbons (Fsp3) is 0.114. The molecule has 8 nitrogen and oxygen atoms in total. The van der Waals surface area contributed by atoms with Gasteiger partial charge in [0.1, 0.15) is 0 Å². The van der Waals surface area contributed by atoms with Crippen molar-refractivity contribution in [3.63, 3.8) is 0 Å². The first-order chi connectivity index (χ1) is 37.8. The average Bonchev–Trinajstić information content (AvgIpc) is 3.47. The number of carbonyl (C=O) groups excluding carboxylic acids is 2. The van der Waals surface area contributed by atoms with E-state index in [4.69, 9.17) is 0 Å². The van der Waals surface area contributed by atoms with E-state index in [2.05, 4.69) is 184 Å². The van der Waals surface area contributed by atoms with E-state index in [9.17, 15) is 9.59 Å². The Morgan fingerprint density at radius 1 is 0.282 bits per heavy atom. The molecule has 10 aromatic carbocycles. The molecule has 2 amide bonds. The third-order valence-electron chi connectivity index (χ3n) is 13.4. The number of nitrogens with zero attached hydrogens (tertiary/aromatic N) is 4. The van der Waals surface area contributed by atoms with E-state index >= 15 is 0 Å². The fourth-order valence-corrected chi connectivity index (χ4v) is 9.54. The second-order valence-electron chi connectivity index (χ2n) is 21.3. The number of hydrogen-bond acceptors (Lipinski definition) is 6. The highest BCUT2D eigenvalue weighted by atomic mass is 16.2. The molecule has 0 aromatic heterocycles. The number of anilines is 13. The van der Waals surface area contributed by atoms with Crippen molar-refractivity contribution in [2.45, 2.75) is 52.5 Å². The molecule has 0 saturated heterocycles. The highest BCUT2D eigenvalue weighted by Gasteiger charge is 2.21. The average molecular weight is 1020 g/mol. The number of nitrogens with one attached hydrogen (secondary N) is 2. The van der Waals surface area contributed by atoms with Crippen LogP contribution in [0.4, 0.5) is 73.9 Å². The number of carbonyl (C=O) groups is 2. The molecule has 0 heterocycles. The van der Waals surface area contributed by atoms with Gasteiger partial charge in [0.05, 0.1) is 0 Å². The van der Waals surface area contributed by atoms with E-state index in [1.165, 1.54) is 5.56 Å². The monoisotopic (exact) mass is 1020 g/mol. The van der Waals surface area contributed by atoms with Crippen LogP contribution in [0, 0.1) is 0 Å². The second kappa shape index (κ2) is 22.7. The van der Waals surface area contributed by atoms with Crippen molar-refractivity contribution in [3.8, 4) is 0 Å². The van der Waals surface area contributed by atoms with Gasteiger partial charge in [0.15, 0.2) is 0 Å². The normalized spacial score (nSPS) is 11.3. The van der Waals surface area contributed by atoms with Gasteiger partial charge in [-0.25, -0.2) is 0 Å². The maximum Gasteiger partial charge on any atom is 0.255 e. The van der Waals surface area contributed by atoms with Gasteiger partial charge < -0.3 is 30.2 Å². The lowest BCUT2D eigenvalue weighted by atomic mass is 9.87. The van der Waals surface area contributed by atoms with Gasteiger partial charge in [-0.1, -0.05) is 106 Å². The third kappa shape index (κ3) is 12.0. The molecular weight excluding hydrogens is 957 g/mol. The molecule has 0 bridgehead atoms. The van der Waals surface area contributed by atoms with E-state index in [0.29, 0.717) is 16.8 Å². The topological polar surface area (TPSA) is 71.2 Å². The number of benzene rings is 10. The maximum atomic E-state index is 13.9. The van der Waals surface area contributed by atoms with Gasteiger partial charge in [0, 0.05) is 90.6 Å². The maximum absolute atomic E-state index is 13.9. The van der Waals surface area contributed by atoms with Crippen LogP contribution in [0.3, 0.4) is 0 Å². The zero-order valence-corrected chi connectivity index (χ0v) is 45.0. The first-order valence-electron chi connectivity index (χ1n) is 26.4. The van der Waals surface area contributed by atoms with Gasteiger partial charge in [-0.15, -0.1) is 0 Å². The van der Waals surface area contributed by atoms with Crippen LogP contribution >= 0.6 is 0 Å². The Morgan fingerprint density at radius 3 is 0.782 bits per heavy atom. The van der Waals surface area contributed by atoms with Crippen LogP contribution in [0.15, 0.2) is 267 Å². The Hall–Kier alpha value is -9.66. The highest BCUT2D eigenvalue weighted by Crippen LogP contribution is 2.42. The van der Waals surface area contributed by atoms with Crippen molar-refractivity contribution < 1.29 is 9.59 Å². The Balaban J connectivity index is 0.870. The quantitative estimate of drug-likeness (QED) is 0.107. The summed E-state index contributed by atoms with van der Waals surface area (Å²) >= 11 is 0. The summed E-state index contributed by atoms with van der Waals surface area (Å²) in [5.41, 5.74) is 14.7. The van der Waals surface area contributed by atoms with Crippen molar-refractivity contribution in [1.29, 1.82) is 0 Å². The van der Waals surface area contributed by atoms with E-state index in [1.54, 1.807) is 0 Å². The minimum absolute atomic E-state index is 0.0547. The minimum Gasteiger partial charge on any atom is -0.347 e. The number of hydrogen-bond donors (Lipinski definition) is 2. The van der Waals surface area contributed by atoms with Crippen LogP contribution < -0.4 is 30.2 Å². The third-order valence-corrected chi connectivity index (χ3v) is 13.4. The lowest BCUT2D eigenvalue weighted by Crippen LogP contribution is -2.40. The summed E-state index contributed by atoms with van der Waals surface area (Å²) in [6.07, 6.45) is 0. The molecule has 0 unspecified atom stereocenters. The van der Waals surface area contributed by atoms with Crippen molar-refractivity contribution in [2.24, 2.45) is 0 Å². The first-order valence-corrected chi connectivity index (χ1v) is 26.4. The van der Waals surface area contributed by atoms with Gasteiger partial charge in [0.25, 0.3) is 11.8 Å². The molecule has 0 spiro atoms. The smallest absolute Gasteiger partial charge is 0.255 e. The minimum atomic E-state index is -0.342. The van der Waals surface area contributed by atoms with Crippen molar-refractivity contribution in [2.75, 3.05) is 24.9 Å². The molecular formula is C70H64N6O2. The zero-order valence-electron chi connectivity index (χ0n) is 45.0. The molecule has 0 atom stereocenters. The molecule has 0 aliphatic rings. The fourth-order valence-electron chi connectivity index (χ4n) is 9.54. The summed E-state index contributed by atoms with van der Waals surface area (Å²) in [5.74, 6) is -0.319. The number of para-hydroxylation sites is 4. The summed E-state index contributed by atoms with van der Waals surface area (Å²) in [7, 11) is 0. The summed E-state index contributed by atoms with van der Waals surface area (Å²) in [4.78, 5) is 35.8. The molecule has 0 fully saturated rings. The Kier molecular flexibility index (Phi) is 15.1. The summed E-state index contributed by atoms with van der Waals surface area (Å²) in [5, 5.41) is 6.19. The summed E-state index contributed by atoms with van der Waals surface area (Å²) in [6, 6.07) is 90.5. The number of amides is 2. The van der Waals surface area contributed by atoms with Crippen LogP contribution in [0.1, 0.15) is 67.8 Å². The summed E-state index contributed by atoms with van der Waals surface area (Å²) in [6.45, 7) is 12.6. The predicted octanol–water partition coefficient (Wildman–Crippen LogP) is 18.6. The van der Waals surface area contributed by atoms with E-state index in [0.717, 1.165) is 68.2 Å². The van der Waals surface area contributed by atoms with E-state index in [-0.39, 0.29) is 22.8 Å². The molecule has 78 heavy (non-hydrogen) atoms. The van der Waals surface area contributed by atoms with Gasteiger partial charge in [-0.3, -0.25) is 9.59 Å². The Bertz CT molecular complexity index is 3560. The second-order valence-corrected chi connectivity index (χ2v) is 21.3. The van der Waals surface area contributed by atoms with Gasteiger partial charge in [-0.2, -0.15) is 0 Å². The van der Waals surface area contributed by atoms with Gasteiger partial charge >= 0.3 is 0 Å².